The zero-order chi connectivity index (χ0) is 7.98. The van der Waals surface area contributed by atoms with E-state index in [9.17, 15) is 4.79 Å². The molecule has 0 aliphatic carbocycles. The van der Waals surface area contributed by atoms with Crippen molar-refractivity contribution in [1.29, 1.82) is 0 Å². The van der Waals surface area contributed by atoms with Crippen LogP contribution in [0, 0.1) is 0 Å². The first kappa shape index (κ1) is 8.78. The van der Waals surface area contributed by atoms with E-state index in [2.05, 4.69) is 15.3 Å². The predicted molar refractivity (Wildman–Crippen MR) is 37.4 cm³/mol. The minimum Gasteiger partial charge on any atom is -0.348 e. The Morgan fingerprint density at radius 1 is 1.90 bits per heavy atom. The van der Waals surface area contributed by atoms with Crippen molar-refractivity contribution in [3.05, 3.63) is 10.4 Å². The smallest absolute Gasteiger partial charge is 0.308 e. The molecule has 0 bridgehead atoms. The van der Waals surface area contributed by atoms with Crippen LogP contribution in [-0.4, -0.2) is 12.1 Å². The number of nitrogens with zero attached hydrogens (tertiary/aromatic N) is 3. The summed E-state index contributed by atoms with van der Waals surface area (Å²) in [4.78, 5) is 12.8. The summed E-state index contributed by atoms with van der Waals surface area (Å²) in [7, 11) is 0. The van der Waals surface area contributed by atoms with Crippen LogP contribution < -0.4 is 5.32 Å². The topological polar surface area (TPSA) is 77.9 Å². The first-order valence-electron chi connectivity index (χ1n) is 3.06. The molecule has 0 aliphatic heterocycles. The van der Waals surface area contributed by atoms with Crippen LogP contribution in [0.25, 0.3) is 10.4 Å². The fourth-order valence-electron chi connectivity index (χ4n) is 0.382. The van der Waals surface area contributed by atoms with Gasteiger partial charge >= 0.3 is 6.03 Å². The Bertz CT molecular complexity index is 161. The molecule has 0 saturated heterocycles. The summed E-state index contributed by atoms with van der Waals surface area (Å²) in [5.41, 5.74) is 7.82. The maximum atomic E-state index is 10.5. The van der Waals surface area contributed by atoms with Gasteiger partial charge in [0, 0.05) is 16.1 Å². The Balaban J connectivity index is 3.67. The van der Waals surface area contributed by atoms with Crippen molar-refractivity contribution >= 4 is 6.03 Å². The van der Waals surface area contributed by atoms with Gasteiger partial charge in [-0.1, -0.05) is 6.92 Å². The standard InChI is InChI=1S/C5H10N4O/c1-3-4(2)7-5(10)8-9-6/h4H,3H2,1-2H3,(H,7,10)/t4-/m1/s1. The Morgan fingerprint density at radius 3 is 2.90 bits per heavy atom. The van der Waals surface area contributed by atoms with Crippen molar-refractivity contribution in [3.63, 3.8) is 0 Å². The van der Waals surface area contributed by atoms with Gasteiger partial charge in [-0.15, -0.1) is 0 Å². The van der Waals surface area contributed by atoms with E-state index in [1.54, 1.807) is 0 Å². The largest absolute Gasteiger partial charge is 0.348 e. The number of urea groups is 1. The van der Waals surface area contributed by atoms with Crippen LogP contribution in [0.5, 0.6) is 0 Å². The summed E-state index contributed by atoms with van der Waals surface area (Å²) in [5, 5.41) is 5.31. The number of rotatable bonds is 2. The van der Waals surface area contributed by atoms with Crippen molar-refractivity contribution in [1.82, 2.24) is 5.32 Å². The summed E-state index contributed by atoms with van der Waals surface area (Å²) in [6, 6.07) is -0.546. The number of carbonyl (C=O) groups is 1. The highest BCUT2D eigenvalue weighted by molar-refractivity contribution is 5.74. The van der Waals surface area contributed by atoms with Crippen LogP contribution in [0.3, 0.4) is 0 Å². The van der Waals surface area contributed by atoms with Gasteiger partial charge in [-0.3, -0.25) is 4.79 Å². The Kier molecular flexibility index (Phi) is 4.07. The fourth-order valence-corrected chi connectivity index (χ4v) is 0.382. The van der Waals surface area contributed by atoms with Gasteiger partial charge in [-0.25, -0.2) is 0 Å². The molecular weight excluding hydrogens is 132 g/mol. The molecule has 0 rings (SSSR count). The minimum absolute atomic E-state index is 0.0676. The summed E-state index contributed by atoms with van der Waals surface area (Å²) < 4.78 is 0. The van der Waals surface area contributed by atoms with E-state index in [1.807, 2.05) is 13.8 Å². The first-order valence-corrected chi connectivity index (χ1v) is 3.06. The summed E-state index contributed by atoms with van der Waals surface area (Å²) >= 11 is 0. The second-order valence-corrected chi connectivity index (χ2v) is 1.95. The lowest BCUT2D eigenvalue weighted by atomic mass is 10.3. The molecule has 0 heterocycles. The Morgan fingerprint density at radius 2 is 2.50 bits per heavy atom. The lowest BCUT2D eigenvalue weighted by Gasteiger charge is -2.06. The molecule has 1 atom stereocenters. The molecule has 0 aromatic carbocycles. The van der Waals surface area contributed by atoms with Crippen molar-refractivity contribution in [2.45, 2.75) is 26.3 Å². The van der Waals surface area contributed by atoms with E-state index in [-0.39, 0.29) is 6.04 Å². The molecule has 10 heavy (non-hydrogen) atoms. The summed E-state index contributed by atoms with van der Waals surface area (Å²) in [5.74, 6) is 0. The van der Waals surface area contributed by atoms with E-state index in [1.165, 1.54) is 0 Å². The maximum absolute atomic E-state index is 10.5. The van der Waals surface area contributed by atoms with Gasteiger partial charge in [-0.05, 0) is 18.9 Å². The van der Waals surface area contributed by atoms with Gasteiger partial charge in [0.05, 0.1) is 0 Å². The zero-order valence-corrected chi connectivity index (χ0v) is 6.03. The first-order chi connectivity index (χ1) is 4.70. The van der Waals surface area contributed by atoms with E-state index in [0.717, 1.165) is 6.42 Å². The molecule has 0 fully saturated rings. The lowest BCUT2D eigenvalue weighted by Crippen LogP contribution is -2.28. The van der Waals surface area contributed by atoms with Crippen LogP contribution in [0.1, 0.15) is 20.3 Å². The van der Waals surface area contributed by atoms with Gasteiger partial charge in [0.25, 0.3) is 0 Å². The fraction of sp³-hybridized carbons (Fsp3) is 0.800. The number of amides is 2. The molecular formula is C5H10N4O. The highest BCUT2D eigenvalue weighted by Crippen LogP contribution is 1.88. The number of hydrogen-bond acceptors (Lipinski definition) is 1. The summed E-state index contributed by atoms with van der Waals surface area (Å²) in [6.45, 7) is 3.77. The molecule has 0 aromatic heterocycles. The van der Waals surface area contributed by atoms with Crippen molar-refractivity contribution in [3.8, 4) is 0 Å². The van der Waals surface area contributed by atoms with Crippen LogP contribution in [0.4, 0.5) is 4.79 Å². The molecule has 0 saturated carbocycles. The van der Waals surface area contributed by atoms with E-state index >= 15 is 0 Å². The average molecular weight is 142 g/mol. The predicted octanol–water partition coefficient (Wildman–Crippen LogP) is 1.80. The quantitative estimate of drug-likeness (QED) is 0.356. The second kappa shape index (κ2) is 4.64. The van der Waals surface area contributed by atoms with E-state index in [0.29, 0.717) is 0 Å². The van der Waals surface area contributed by atoms with Gasteiger partial charge in [-0.2, -0.15) is 0 Å². The van der Waals surface area contributed by atoms with E-state index < -0.39 is 6.03 Å². The SMILES string of the molecule is CC[C@@H](C)NC(=O)N=[N+]=[N-]. The van der Waals surface area contributed by atoms with Crippen LogP contribution in [0.2, 0.25) is 0 Å². The third-order valence-electron chi connectivity index (χ3n) is 1.12. The molecule has 5 heteroatoms. The molecule has 5 nitrogen and oxygen atoms in total. The number of hydrogen-bond donors (Lipinski definition) is 1. The molecule has 0 aliphatic rings. The molecule has 0 aromatic rings. The van der Waals surface area contributed by atoms with Crippen molar-refractivity contribution in [2.75, 3.05) is 0 Å². The number of azide groups is 1. The highest BCUT2D eigenvalue weighted by atomic mass is 16.2. The Labute approximate surface area is 59.0 Å². The molecule has 56 valence electrons. The number of carbonyl (C=O) groups excluding carboxylic acids is 1. The minimum atomic E-state index is -0.614. The molecule has 0 spiro atoms. The van der Waals surface area contributed by atoms with Crippen molar-refractivity contribution < 1.29 is 4.79 Å². The lowest BCUT2D eigenvalue weighted by molar-refractivity contribution is 0.245. The second-order valence-electron chi connectivity index (χ2n) is 1.95. The van der Waals surface area contributed by atoms with Gasteiger partial charge < -0.3 is 5.32 Å². The highest BCUT2D eigenvalue weighted by Gasteiger charge is 2.00. The zero-order valence-electron chi connectivity index (χ0n) is 6.03. The van der Waals surface area contributed by atoms with Gasteiger partial charge in [0.2, 0.25) is 0 Å². The monoisotopic (exact) mass is 142 g/mol. The molecule has 1 N–H and O–H groups in total. The number of nitrogens with one attached hydrogen (secondary N) is 1. The van der Waals surface area contributed by atoms with Crippen LogP contribution >= 0.6 is 0 Å². The summed E-state index contributed by atoms with van der Waals surface area (Å²) in [6.07, 6.45) is 0.826. The van der Waals surface area contributed by atoms with Gasteiger partial charge in [0.15, 0.2) is 0 Å². The average Bonchev–Trinajstić information content (AvgIpc) is 1.88. The molecule has 0 radical (unpaired) electrons. The van der Waals surface area contributed by atoms with Crippen LogP contribution in [-0.2, 0) is 0 Å². The van der Waals surface area contributed by atoms with Crippen molar-refractivity contribution in [2.24, 2.45) is 5.11 Å². The van der Waals surface area contributed by atoms with Crippen LogP contribution in [0.15, 0.2) is 5.11 Å². The maximum Gasteiger partial charge on any atom is 0.308 e. The Hall–Kier alpha value is -1.22. The van der Waals surface area contributed by atoms with Gasteiger partial charge in [0.1, 0.15) is 0 Å². The molecule has 0 unspecified atom stereocenters. The van der Waals surface area contributed by atoms with E-state index in [4.69, 9.17) is 5.53 Å². The third kappa shape index (κ3) is 3.74. The third-order valence-corrected chi connectivity index (χ3v) is 1.12. The normalized spacial score (nSPS) is 11.4. The molecule has 2 amide bonds.